The number of hydrogen-bond donors (Lipinski definition) is 1. The lowest BCUT2D eigenvalue weighted by atomic mass is 10.0. The van der Waals surface area contributed by atoms with Crippen LogP contribution in [-0.4, -0.2) is 29.7 Å². The van der Waals surface area contributed by atoms with Crippen LogP contribution in [0, 0.1) is 11.3 Å². The van der Waals surface area contributed by atoms with E-state index in [0.717, 1.165) is 18.4 Å². The molecular formula is C22H20F2N8S. The highest BCUT2D eigenvalue weighted by Crippen LogP contribution is 2.44. The number of hydrogen-bond acceptors (Lipinski definition) is 8. The van der Waals surface area contributed by atoms with Crippen molar-refractivity contribution in [2.24, 2.45) is 0 Å². The summed E-state index contributed by atoms with van der Waals surface area (Å²) in [5, 5.41) is 18.1. The van der Waals surface area contributed by atoms with Crippen LogP contribution in [0.2, 0.25) is 0 Å². The number of benzene rings is 1. The lowest BCUT2D eigenvalue weighted by molar-refractivity contribution is 0.151. The second kappa shape index (κ2) is 8.44. The SMILES string of the molecule is CCc1nc([C@H](C)Nc2ncnc3c(C4CC4)cc(C(F)F)cc23)n(-c2ncc(C#N)s2)n1. The van der Waals surface area contributed by atoms with Crippen LogP contribution in [0.25, 0.3) is 16.0 Å². The van der Waals surface area contributed by atoms with Gasteiger partial charge < -0.3 is 5.32 Å². The molecule has 0 unspecified atom stereocenters. The largest absolute Gasteiger partial charge is 0.360 e. The van der Waals surface area contributed by atoms with Gasteiger partial charge in [-0.25, -0.2) is 28.7 Å². The monoisotopic (exact) mass is 466 g/mol. The van der Waals surface area contributed by atoms with E-state index in [1.165, 1.54) is 29.9 Å². The first kappa shape index (κ1) is 21.3. The number of fused-ring (bicyclic) bond motifs is 1. The van der Waals surface area contributed by atoms with Gasteiger partial charge in [0.1, 0.15) is 23.1 Å². The highest BCUT2D eigenvalue weighted by Gasteiger charge is 2.29. The minimum atomic E-state index is -2.58. The van der Waals surface area contributed by atoms with E-state index in [0.29, 0.717) is 44.8 Å². The van der Waals surface area contributed by atoms with Gasteiger partial charge in [0.15, 0.2) is 11.6 Å². The van der Waals surface area contributed by atoms with E-state index >= 15 is 0 Å². The smallest absolute Gasteiger partial charge is 0.263 e. The van der Waals surface area contributed by atoms with Crippen molar-refractivity contribution in [3.8, 4) is 11.2 Å². The number of anilines is 1. The van der Waals surface area contributed by atoms with Gasteiger partial charge in [-0.3, -0.25) is 0 Å². The first-order chi connectivity index (χ1) is 16.0. The minimum absolute atomic E-state index is 0.0295. The average molecular weight is 467 g/mol. The predicted molar refractivity (Wildman–Crippen MR) is 120 cm³/mol. The maximum atomic E-state index is 13.6. The van der Waals surface area contributed by atoms with Gasteiger partial charge in [-0.15, -0.1) is 5.10 Å². The maximum Gasteiger partial charge on any atom is 0.263 e. The number of aromatic nitrogens is 6. The Kier molecular flexibility index (Phi) is 5.46. The molecule has 1 aliphatic carbocycles. The van der Waals surface area contributed by atoms with Gasteiger partial charge in [0.05, 0.1) is 17.8 Å². The molecule has 1 aromatic carbocycles. The Hall–Kier alpha value is -3.52. The molecule has 3 aromatic heterocycles. The van der Waals surface area contributed by atoms with Crippen molar-refractivity contribution >= 4 is 28.1 Å². The third-order valence-electron chi connectivity index (χ3n) is 5.58. The Morgan fingerprint density at radius 3 is 2.76 bits per heavy atom. The number of alkyl halides is 2. The minimum Gasteiger partial charge on any atom is -0.360 e. The molecule has 0 amide bonds. The Balaban J connectivity index is 1.56. The molecule has 1 fully saturated rings. The summed E-state index contributed by atoms with van der Waals surface area (Å²) in [5.74, 6) is 1.95. The second-order valence-electron chi connectivity index (χ2n) is 7.94. The van der Waals surface area contributed by atoms with Gasteiger partial charge in [0, 0.05) is 17.4 Å². The normalized spacial score (nSPS) is 14.5. The molecule has 1 saturated carbocycles. The Bertz CT molecular complexity index is 1370. The van der Waals surface area contributed by atoms with E-state index in [1.807, 2.05) is 13.8 Å². The number of nitrogens with zero attached hydrogens (tertiary/aromatic N) is 7. The van der Waals surface area contributed by atoms with Gasteiger partial charge in [0.2, 0.25) is 5.13 Å². The molecule has 5 rings (SSSR count). The zero-order valence-corrected chi connectivity index (χ0v) is 18.8. The quantitative estimate of drug-likeness (QED) is 0.404. The zero-order chi connectivity index (χ0) is 23.1. The average Bonchev–Trinajstić information content (AvgIpc) is 3.39. The fraction of sp³-hybridized carbons (Fsp3) is 0.364. The second-order valence-corrected chi connectivity index (χ2v) is 8.95. The van der Waals surface area contributed by atoms with Crippen molar-refractivity contribution in [3.63, 3.8) is 0 Å². The summed E-state index contributed by atoms with van der Waals surface area (Å²) >= 11 is 1.22. The summed E-state index contributed by atoms with van der Waals surface area (Å²) in [6.45, 7) is 3.85. The number of aryl methyl sites for hydroxylation is 1. The van der Waals surface area contributed by atoms with Crippen LogP contribution in [0.15, 0.2) is 24.7 Å². The molecule has 33 heavy (non-hydrogen) atoms. The van der Waals surface area contributed by atoms with Crippen LogP contribution in [0.3, 0.4) is 0 Å². The highest BCUT2D eigenvalue weighted by molar-refractivity contribution is 7.14. The number of halogens is 2. The third kappa shape index (κ3) is 4.02. The predicted octanol–water partition coefficient (Wildman–Crippen LogP) is 5.09. The van der Waals surface area contributed by atoms with Gasteiger partial charge in [-0.1, -0.05) is 18.3 Å². The van der Waals surface area contributed by atoms with Crippen molar-refractivity contribution in [1.82, 2.24) is 29.7 Å². The molecule has 8 nitrogen and oxygen atoms in total. The molecule has 0 saturated heterocycles. The Labute approximate surface area is 192 Å². The van der Waals surface area contributed by atoms with E-state index < -0.39 is 6.43 Å². The summed E-state index contributed by atoms with van der Waals surface area (Å²) in [4.78, 5) is 18.2. The van der Waals surface area contributed by atoms with Crippen LogP contribution >= 0.6 is 11.3 Å². The molecule has 4 aromatic rings. The van der Waals surface area contributed by atoms with Gasteiger partial charge in [-0.2, -0.15) is 9.94 Å². The first-order valence-corrected chi connectivity index (χ1v) is 11.5. The summed E-state index contributed by atoms with van der Waals surface area (Å²) in [5.41, 5.74) is 1.52. The van der Waals surface area contributed by atoms with Crippen LogP contribution in [-0.2, 0) is 6.42 Å². The van der Waals surface area contributed by atoms with Gasteiger partial charge >= 0.3 is 0 Å². The van der Waals surface area contributed by atoms with Crippen molar-refractivity contribution in [2.45, 2.75) is 51.5 Å². The Morgan fingerprint density at radius 1 is 1.27 bits per heavy atom. The third-order valence-corrected chi connectivity index (χ3v) is 6.45. The lowest BCUT2D eigenvalue weighted by Crippen LogP contribution is -2.15. The van der Waals surface area contributed by atoms with E-state index in [4.69, 9.17) is 5.26 Å². The summed E-state index contributed by atoms with van der Waals surface area (Å²) in [6.07, 6.45) is 2.96. The number of rotatable bonds is 7. The molecule has 1 N–H and O–H groups in total. The molecule has 0 radical (unpaired) electrons. The van der Waals surface area contributed by atoms with Crippen molar-refractivity contribution in [1.29, 1.82) is 5.26 Å². The number of nitrogens with one attached hydrogen (secondary N) is 1. The first-order valence-electron chi connectivity index (χ1n) is 10.6. The lowest BCUT2D eigenvalue weighted by Gasteiger charge is -2.17. The summed E-state index contributed by atoms with van der Waals surface area (Å²) in [6, 6.07) is 4.75. The topological polar surface area (TPSA) is 105 Å². The van der Waals surface area contributed by atoms with Crippen molar-refractivity contribution < 1.29 is 8.78 Å². The fourth-order valence-electron chi connectivity index (χ4n) is 3.79. The van der Waals surface area contributed by atoms with Crippen LogP contribution in [0.5, 0.6) is 0 Å². The molecule has 0 aliphatic heterocycles. The summed E-state index contributed by atoms with van der Waals surface area (Å²) < 4.78 is 28.9. The van der Waals surface area contributed by atoms with Crippen LogP contribution < -0.4 is 5.32 Å². The van der Waals surface area contributed by atoms with E-state index in [2.05, 4.69) is 36.4 Å². The van der Waals surface area contributed by atoms with Gasteiger partial charge in [-0.05, 0) is 43.4 Å². The molecule has 3 heterocycles. The molecule has 1 atom stereocenters. The molecule has 168 valence electrons. The van der Waals surface area contributed by atoms with Crippen LogP contribution in [0.1, 0.15) is 72.7 Å². The van der Waals surface area contributed by atoms with E-state index in [9.17, 15) is 8.78 Å². The maximum absolute atomic E-state index is 13.6. The molecule has 0 bridgehead atoms. The van der Waals surface area contributed by atoms with Crippen molar-refractivity contribution in [2.75, 3.05) is 5.32 Å². The highest BCUT2D eigenvalue weighted by atomic mass is 32.1. The van der Waals surface area contributed by atoms with E-state index in [1.54, 1.807) is 10.7 Å². The zero-order valence-electron chi connectivity index (χ0n) is 18.0. The molecule has 11 heteroatoms. The van der Waals surface area contributed by atoms with Crippen molar-refractivity contribution in [3.05, 3.63) is 52.3 Å². The van der Waals surface area contributed by atoms with E-state index in [-0.39, 0.29) is 17.5 Å². The number of nitriles is 1. The Morgan fingerprint density at radius 2 is 2.09 bits per heavy atom. The standard InChI is InChI=1S/C22H20F2N8S/c1-3-17-30-21(32(31-17)22-26-9-14(8-25)33-22)11(2)29-20-16-7-13(19(23)24)6-15(12-4-5-12)18(16)27-10-28-20/h6-7,9-12,19H,3-5H2,1-2H3,(H,27,28,29)/t11-/m0/s1. The fourth-order valence-corrected chi connectivity index (χ4v) is 4.46. The molecule has 1 aliphatic rings. The van der Waals surface area contributed by atoms with Crippen LogP contribution in [0.4, 0.5) is 14.6 Å². The van der Waals surface area contributed by atoms with Gasteiger partial charge in [0.25, 0.3) is 6.43 Å². The summed E-state index contributed by atoms with van der Waals surface area (Å²) in [7, 11) is 0. The molecule has 0 spiro atoms. The molecular weight excluding hydrogens is 446 g/mol. The number of thiazole rings is 1.